The number of hydrogen-bond acceptors (Lipinski definition) is 3. The molecule has 2 aromatic carbocycles. The summed E-state index contributed by atoms with van der Waals surface area (Å²) < 4.78 is 11.7. The van der Waals surface area contributed by atoms with Crippen molar-refractivity contribution in [3.8, 4) is 11.5 Å². The molecule has 0 aliphatic carbocycles. The SMILES string of the molecule is C[C@H](C(=O)Nc1ccc(Br)cc1)[NH+](C)Cc1ccc2c(c1)OCO2. The van der Waals surface area contributed by atoms with Crippen molar-refractivity contribution in [1.82, 2.24) is 0 Å². The maximum absolute atomic E-state index is 12.4. The second-order valence-electron chi connectivity index (χ2n) is 5.93. The highest BCUT2D eigenvalue weighted by atomic mass is 79.9. The zero-order valence-corrected chi connectivity index (χ0v) is 15.2. The highest BCUT2D eigenvalue weighted by Crippen LogP contribution is 2.32. The predicted octanol–water partition coefficient (Wildman–Crippen LogP) is 2.22. The highest BCUT2D eigenvalue weighted by molar-refractivity contribution is 9.10. The first-order valence-electron chi connectivity index (χ1n) is 7.80. The number of halogens is 1. The maximum atomic E-state index is 12.4. The van der Waals surface area contributed by atoms with Gasteiger partial charge in [-0.25, -0.2) is 0 Å². The molecule has 2 aromatic rings. The molecule has 1 unspecified atom stereocenters. The summed E-state index contributed by atoms with van der Waals surface area (Å²) in [5, 5.41) is 2.95. The van der Waals surface area contributed by atoms with E-state index in [1.807, 2.05) is 56.4 Å². The lowest BCUT2D eigenvalue weighted by Gasteiger charge is -2.21. The van der Waals surface area contributed by atoms with Crippen LogP contribution in [0.4, 0.5) is 5.69 Å². The topological polar surface area (TPSA) is 52.0 Å². The first-order chi connectivity index (χ1) is 11.5. The van der Waals surface area contributed by atoms with Crippen molar-refractivity contribution < 1.29 is 19.2 Å². The standard InChI is InChI=1S/C18H19BrN2O3/c1-12(18(22)20-15-6-4-14(19)5-7-15)21(2)10-13-3-8-16-17(9-13)24-11-23-16/h3-9,12H,10-11H2,1-2H3,(H,20,22)/p+1/t12-/m1/s1. The van der Waals surface area contributed by atoms with Crippen LogP contribution in [0.1, 0.15) is 12.5 Å². The Morgan fingerprint density at radius 2 is 1.92 bits per heavy atom. The van der Waals surface area contributed by atoms with Gasteiger partial charge >= 0.3 is 0 Å². The van der Waals surface area contributed by atoms with Crippen LogP contribution in [-0.4, -0.2) is 25.8 Å². The molecular weight excluding hydrogens is 372 g/mol. The minimum absolute atomic E-state index is 0.00411. The Hall–Kier alpha value is -2.05. The molecule has 1 aliphatic rings. The first kappa shape index (κ1) is 16.8. The molecule has 1 amide bonds. The lowest BCUT2D eigenvalue weighted by Crippen LogP contribution is -3.12. The van der Waals surface area contributed by atoms with Crippen LogP contribution in [0.15, 0.2) is 46.9 Å². The van der Waals surface area contributed by atoms with E-state index in [-0.39, 0.29) is 18.7 Å². The minimum atomic E-state index is -0.181. The second kappa shape index (κ2) is 7.23. The van der Waals surface area contributed by atoms with Gasteiger partial charge in [0.2, 0.25) is 6.79 Å². The van der Waals surface area contributed by atoms with Crippen LogP contribution >= 0.6 is 15.9 Å². The van der Waals surface area contributed by atoms with Gasteiger partial charge in [-0.1, -0.05) is 15.9 Å². The molecule has 0 radical (unpaired) electrons. The van der Waals surface area contributed by atoms with Crippen LogP contribution in [0.25, 0.3) is 0 Å². The third-order valence-corrected chi connectivity index (χ3v) is 4.69. The molecular formula is C18H20BrN2O3+. The van der Waals surface area contributed by atoms with Crippen molar-refractivity contribution in [2.24, 2.45) is 0 Å². The van der Waals surface area contributed by atoms with E-state index in [9.17, 15) is 4.79 Å². The molecule has 0 saturated carbocycles. The molecule has 24 heavy (non-hydrogen) atoms. The highest BCUT2D eigenvalue weighted by Gasteiger charge is 2.23. The van der Waals surface area contributed by atoms with Crippen LogP contribution in [0.3, 0.4) is 0 Å². The largest absolute Gasteiger partial charge is 0.454 e. The molecule has 1 aliphatic heterocycles. The molecule has 6 heteroatoms. The molecule has 1 heterocycles. The molecule has 0 aromatic heterocycles. The van der Waals surface area contributed by atoms with Gasteiger partial charge in [0.15, 0.2) is 17.5 Å². The average Bonchev–Trinajstić information content (AvgIpc) is 3.03. The summed E-state index contributed by atoms with van der Waals surface area (Å²) in [7, 11) is 2.01. The summed E-state index contributed by atoms with van der Waals surface area (Å²) in [5.41, 5.74) is 1.91. The Bertz CT molecular complexity index is 734. The van der Waals surface area contributed by atoms with Crippen LogP contribution in [0.2, 0.25) is 0 Å². The summed E-state index contributed by atoms with van der Waals surface area (Å²) in [6.07, 6.45) is 0. The molecule has 0 bridgehead atoms. The zero-order valence-electron chi connectivity index (χ0n) is 13.6. The monoisotopic (exact) mass is 391 g/mol. The summed E-state index contributed by atoms with van der Waals surface area (Å²) in [4.78, 5) is 13.5. The van der Waals surface area contributed by atoms with Crippen LogP contribution < -0.4 is 19.7 Å². The fraction of sp³-hybridized carbons (Fsp3) is 0.278. The van der Waals surface area contributed by atoms with Gasteiger partial charge in [-0.3, -0.25) is 4.79 Å². The fourth-order valence-corrected chi connectivity index (χ4v) is 2.80. The van der Waals surface area contributed by atoms with Gasteiger partial charge in [0, 0.05) is 15.7 Å². The predicted molar refractivity (Wildman–Crippen MR) is 95.4 cm³/mol. The zero-order chi connectivity index (χ0) is 17.1. The van der Waals surface area contributed by atoms with E-state index in [0.717, 1.165) is 38.7 Å². The number of carbonyl (C=O) groups excluding carboxylic acids is 1. The van der Waals surface area contributed by atoms with E-state index in [2.05, 4.69) is 21.2 Å². The molecule has 2 atom stereocenters. The number of likely N-dealkylation sites (N-methyl/N-ethyl adjacent to an activating group) is 1. The van der Waals surface area contributed by atoms with Gasteiger partial charge in [-0.05, 0) is 49.4 Å². The third kappa shape index (κ3) is 3.88. The molecule has 3 rings (SSSR count). The van der Waals surface area contributed by atoms with Crippen molar-refractivity contribution in [2.75, 3.05) is 19.2 Å². The van der Waals surface area contributed by atoms with Crippen LogP contribution in [0.5, 0.6) is 11.5 Å². The fourth-order valence-electron chi connectivity index (χ4n) is 2.53. The summed E-state index contributed by atoms with van der Waals surface area (Å²) in [5.74, 6) is 1.54. The molecule has 0 fully saturated rings. The lowest BCUT2D eigenvalue weighted by atomic mass is 10.1. The number of hydrogen-bond donors (Lipinski definition) is 2. The minimum Gasteiger partial charge on any atom is -0.454 e. The van der Waals surface area contributed by atoms with Gasteiger partial charge < -0.3 is 19.7 Å². The van der Waals surface area contributed by atoms with Gasteiger partial charge in [-0.15, -0.1) is 0 Å². The summed E-state index contributed by atoms with van der Waals surface area (Å²) >= 11 is 3.39. The van der Waals surface area contributed by atoms with Crippen LogP contribution in [0, 0.1) is 0 Å². The van der Waals surface area contributed by atoms with Crippen molar-refractivity contribution in [3.63, 3.8) is 0 Å². The van der Waals surface area contributed by atoms with Crippen LogP contribution in [-0.2, 0) is 11.3 Å². The Labute approximate surface area is 149 Å². The van der Waals surface area contributed by atoms with E-state index >= 15 is 0 Å². The van der Waals surface area contributed by atoms with E-state index in [1.54, 1.807) is 0 Å². The van der Waals surface area contributed by atoms with E-state index < -0.39 is 0 Å². The van der Waals surface area contributed by atoms with Gasteiger partial charge in [-0.2, -0.15) is 0 Å². The molecule has 2 N–H and O–H groups in total. The van der Waals surface area contributed by atoms with Gasteiger partial charge in [0.05, 0.1) is 7.05 Å². The van der Waals surface area contributed by atoms with Crippen molar-refractivity contribution in [3.05, 3.63) is 52.5 Å². The number of carbonyl (C=O) groups is 1. The van der Waals surface area contributed by atoms with E-state index in [4.69, 9.17) is 9.47 Å². The second-order valence-corrected chi connectivity index (χ2v) is 6.84. The number of amides is 1. The van der Waals surface area contributed by atoms with Crippen molar-refractivity contribution in [2.45, 2.75) is 19.5 Å². The normalized spacial score (nSPS) is 15.0. The van der Waals surface area contributed by atoms with Crippen molar-refractivity contribution >= 4 is 27.5 Å². The van der Waals surface area contributed by atoms with Gasteiger partial charge in [0.25, 0.3) is 5.91 Å². The third-order valence-electron chi connectivity index (χ3n) is 4.16. The van der Waals surface area contributed by atoms with E-state index in [0.29, 0.717) is 0 Å². The Morgan fingerprint density at radius 1 is 1.21 bits per heavy atom. The summed E-state index contributed by atoms with van der Waals surface area (Å²) in [6.45, 7) is 2.93. The quantitative estimate of drug-likeness (QED) is 0.821. The number of benzene rings is 2. The summed E-state index contributed by atoms with van der Waals surface area (Å²) in [6, 6.07) is 13.3. The Balaban J connectivity index is 1.60. The number of rotatable bonds is 5. The smallest absolute Gasteiger partial charge is 0.282 e. The molecule has 126 valence electrons. The maximum Gasteiger partial charge on any atom is 0.282 e. The number of anilines is 1. The molecule has 5 nitrogen and oxygen atoms in total. The number of ether oxygens (including phenoxy) is 2. The van der Waals surface area contributed by atoms with E-state index in [1.165, 1.54) is 0 Å². The number of quaternary nitrogens is 1. The first-order valence-corrected chi connectivity index (χ1v) is 8.59. The van der Waals surface area contributed by atoms with Crippen molar-refractivity contribution in [1.29, 1.82) is 0 Å². The average molecular weight is 392 g/mol. The molecule has 0 saturated heterocycles. The Kier molecular flexibility index (Phi) is 5.06. The lowest BCUT2D eigenvalue weighted by molar-refractivity contribution is -0.907. The Morgan fingerprint density at radius 3 is 2.67 bits per heavy atom. The number of nitrogens with one attached hydrogen (secondary N) is 2. The molecule has 0 spiro atoms. The number of fused-ring (bicyclic) bond motifs is 1. The van der Waals surface area contributed by atoms with Gasteiger partial charge in [0.1, 0.15) is 6.54 Å².